The molecule has 5 aromatic rings. The molecule has 1 fully saturated rings. The lowest BCUT2D eigenvalue weighted by Gasteiger charge is -2.15. The average Bonchev–Trinajstić information content (AvgIpc) is 3.62. The molecule has 202 valence electrons. The first-order valence-corrected chi connectivity index (χ1v) is 12.6. The minimum Gasteiger partial charge on any atom is -0.310 e. The molecule has 0 radical (unpaired) electrons. The number of fused-ring (bicyclic) bond motifs is 1. The summed E-state index contributed by atoms with van der Waals surface area (Å²) in [6.07, 6.45) is -0.290. The second-order valence-electron chi connectivity index (χ2n) is 9.42. The molecule has 6 rings (SSSR count). The fourth-order valence-electron chi connectivity index (χ4n) is 4.95. The van der Waals surface area contributed by atoms with Crippen molar-refractivity contribution in [2.45, 2.75) is 25.1 Å². The normalized spacial score (nSPS) is 15.4. The number of carbonyl (C=O) groups is 1. The maximum atomic E-state index is 15.1. The Morgan fingerprint density at radius 2 is 1.77 bits per heavy atom. The number of anilines is 1. The van der Waals surface area contributed by atoms with Crippen LogP contribution in [0.3, 0.4) is 0 Å². The Kier molecular flexibility index (Phi) is 6.51. The van der Waals surface area contributed by atoms with Crippen LogP contribution in [-0.4, -0.2) is 32.2 Å². The molecule has 0 aliphatic carbocycles. The number of nitrogens with one attached hydrogen (secondary N) is 2. The Hall–Kier alpha value is -4.64. The topological polar surface area (TPSA) is 84.7 Å². The van der Waals surface area contributed by atoms with Crippen molar-refractivity contribution in [2.24, 2.45) is 0 Å². The van der Waals surface area contributed by atoms with Crippen LogP contribution in [0.5, 0.6) is 0 Å². The molecule has 0 unspecified atom stereocenters. The standard InChI is InChI=1S/C29H22F4N6O/c30-23-16-22(29(31,32)33)20(26-35-12-5-13-36-26)15-21(23)28(40)37-27-19-10-9-17(24-8-4-11-34-24)14-25(19)38-39(27)18-6-2-1-3-7-18/h1-3,5-7,9-10,12-16,24,34H,4,8,11H2,(H,37,40)/t24-/m1/s1. The molecule has 3 aromatic carbocycles. The zero-order valence-electron chi connectivity index (χ0n) is 20.9. The fraction of sp³-hybridized carbons (Fsp3) is 0.172. The summed E-state index contributed by atoms with van der Waals surface area (Å²) in [6.45, 7) is 0.928. The minimum absolute atomic E-state index is 0.198. The number of aromatic nitrogens is 4. The summed E-state index contributed by atoms with van der Waals surface area (Å²) in [5.41, 5.74) is -0.0640. The van der Waals surface area contributed by atoms with Gasteiger partial charge in [0, 0.05) is 29.4 Å². The molecular formula is C29H22F4N6O. The third-order valence-corrected chi connectivity index (χ3v) is 6.86. The maximum absolute atomic E-state index is 15.1. The van der Waals surface area contributed by atoms with Crippen LogP contribution in [0.4, 0.5) is 23.4 Å². The predicted molar refractivity (Wildman–Crippen MR) is 141 cm³/mol. The van der Waals surface area contributed by atoms with Gasteiger partial charge in [-0.2, -0.15) is 18.3 Å². The van der Waals surface area contributed by atoms with Gasteiger partial charge in [-0.05, 0) is 67.4 Å². The lowest BCUT2D eigenvalue weighted by atomic mass is 10.0. The molecule has 1 aliphatic heterocycles. The largest absolute Gasteiger partial charge is 0.417 e. The van der Waals surface area contributed by atoms with Gasteiger partial charge in [-0.15, -0.1) is 0 Å². The molecule has 7 nitrogen and oxygen atoms in total. The van der Waals surface area contributed by atoms with E-state index in [-0.39, 0.29) is 17.7 Å². The molecular weight excluding hydrogens is 524 g/mol. The molecule has 1 atom stereocenters. The van der Waals surface area contributed by atoms with E-state index in [0.717, 1.165) is 31.0 Å². The average molecular weight is 547 g/mol. The Labute approximate surface area is 225 Å². The van der Waals surface area contributed by atoms with E-state index in [1.165, 1.54) is 23.1 Å². The van der Waals surface area contributed by atoms with Gasteiger partial charge in [0.25, 0.3) is 5.91 Å². The Morgan fingerprint density at radius 1 is 1.00 bits per heavy atom. The van der Waals surface area contributed by atoms with Gasteiger partial charge in [0.15, 0.2) is 5.82 Å². The van der Waals surface area contributed by atoms with E-state index in [1.54, 1.807) is 12.1 Å². The van der Waals surface area contributed by atoms with Crippen molar-refractivity contribution >= 4 is 22.6 Å². The molecule has 2 aromatic heterocycles. The summed E-state index contributed by atoms with van der Waals surface area (Å²) in [5.74, 6) is -2.29. The first-order chi connectivity index (χ1) is 19.3. The first-order valence-electron chi connectivity index (χ1n) is 12.6. The van der Waals surface area contributed by atoms with E-state index >= 15 is 4.39 Å². The molecule has 1 aliphatic rings. The highest BCUT2D eigenvalue weighted by molar-refractivity contribution is 6.09. The number of nitrogens with zero attached hydrogens (tertiary/aromatic N) is 4. The van der Waals surface area contributed by atoms with Crippen molar-refractivity contribution in [3.05, 3.63) is 102 Å². The Bertz CT molecular complexity index is 1700. The number of hydrogen-bond donors (Lipinski definition) is 2. The molecule has 0 saturated carbocycles. The third-order valence-electron chi connectivity index (χ3n) is 6.86. The third kappa shape index (κ3) is 4.79. The van der Waals surface area contributed by atoms with Gasteiger partial charge >= 0.3 is 6.18 Å². The smallest absolute Gasteiger partial charge is 0.310 e. The molecule has 0 spiro atoms. The number of amides is 1. The van der Waals surface area contributed by atoms with E-state index in [2.05, 4.69) is 20.6 Å². The van der Waals surface area contributed by atoms with Crippen molar-refractivity contribution in [2.75, 3.05) is 11.9 Å². The summed E-state index contributed by atoms with van der Waals surface area (Å²) >= 11 is 0. The van der Waals surface area contributed by atoms with E-state index < -0.39 is 34.6 Å². The number of halogens is 4. The van der Waals surface area contributed by atoms with E-state index in [9.17, 15) is 18.0 Å². The Morgan fingerprint density at radius 3 is 2.48 bits per heavy atom. The lowest BCUT2D eigenvalue weighted by molar-refractivity contribution is -0.137. The van der Waals surface area contributed by atoms with Crippen LogP contribution in [0.15, 0.2) is 79.1 Å². The van der Waals surface area contributed by atoms with Crippen LogP contribution in [-0.2, 0) is 6.18 Å². The van der Waals surface area contributed by atoms with Gasteiger partial charge in [0.2, 0.25) is 0 Å². The van der Waals surface area contributed by atoms with Gasteiger partial charge in [-0.3, -0.25) is 4.79 Å². The van der Waals surface area contributed by atoms with Crippen LogP contribution in [0.1, 0.15) is 40.4 Å². The highest BCUT2D eigenvalue weighted by atomic mass is 19.4. The van der Waals surface area contributed by atoms with E-state index in [1.807, 2.05) is 36.4 Å². The van der Waals surface area contributed by atoms with Gasteiger partial charge in [-0.1, -0.05) is 24.3 Å². The highest BCUT2D eigenvalue weighted by Crippen LogP contribution is 2.38. The molecule has 1 amide bonds. The monoisotopic (exact) mass is 546 g/mol. The van der Waals surface area contributed by atoms with Crippen LogP contribution >= 0.6 is 0 Å². The second kappa shape index (κ2) is 10.2. The number of rotatable bonds is 5. The number of para-hydroxylation sites is 1. The molecule has 11 heteroatoms. The van der Waals surface area contributed by atoms with E-state index in [0.29, 0.717) is 22.7 Å². The Balaban J connectivity index is 1.45. The molecule has 1 saturated heterocycles. The fourth-order valence-corrected chi connectivity index (χ4v) is 4.95. The van der Waals surface area contributed by atoms with Crippen molar-refractivity contribution in [3.8, 4) is 17.1 Å². The molecule has 0 bridgehead atoms. The number of carbonyl (C=O) groups excluding carboxylic acids is 1. The summed E-state index contributed by atoms with van der Waals surface area (Å²) in [7, 11) is 0. The summed E-state index contributed by atoms with van der Waals surface area (Å²) in [6, 6.07) is 17.5. The number of benzene rings is 3. The van der Waals surface area contributed by atoms with Crippen molar-refractivity contribution in [1.82, 2.24) is 25.1 Å². The number of alkyl halides is 3. The summed E-state index contributed by atoms with van der Waals surface area (Å²) < 4.78 is 57.9. The van der Waals surface area contributed by atoms with Gasteiger partial charge < -0.3 is 10.6 Å². The SMILES string of the molecule is O=C(Nc1c2ccc([C@H]3CCCN3)cc2nn1-c1ccccc1)c1cc(-c2ncccn2)c(C(F)(F)F)cc1F. The molecule has 40 heavy (non-hydrogen) atoms. The quantitative estimate of drug-likeness (QED) is 0.252. The van der Waals surface area contributed by atoms with Gasteiger partial charge in [0.1, 0.15) is 11.6 Å². The number of hydrogen-bond acceptors (Lipinski definition) is 5. The van der Waals surface area contributed by atoms with Crippen molar-refractivity contribution in [3.63, 3.8) is 0 Å². The highest BCUT2D eigenvalue weighted by Gasteiger charge is 2.36. The van der Waals surface area contributed by atoms with E-state index in [4.69, 9.17) is 5.10 Å². The van der Waals surface area contributed by atoms with Gasteiger partial charge in [0.05, 0.1) is 22.3 Å². The predicted octanol–water partition coefficient (Wildman–Crippen LogP) is 6.32. The minimum atomic E-state index is -4.89. The zero-order chi connectivity index (χ0) is 27.9. The summed E-state index contributed by atoms with van der Waals surface area (Å²) in [4.78, 5) is 21.2. The second-order valence-corrected chi connectivity index (χ2v) is 9.42. The van der Waals surface area contributed by atoms with Crippen LogP contribution < -0.4 is 10.6 Å². The van der Waals surface area contributed by atoms with Crippen LogP contribution in [0.2, 0.25) is 0 Å². The molecule has 2 N–H and O–H groups in total. The van der Waals surface area contributed by atoms with Crippen molar-refractivity contribution < 1.29 is 22.4 Å². The lowest BCUT2D eigenvalue weighted by Crippen LogP contribution is -2.18. The first kappa shape index (κ1) is 25.6. The van der Waals surface area contributed by atoms with Crippen molar-refractivity contribution in [1.29, 1.82) is 0 Å². The summed E-state index contributed by atoms with van der Waals surface area (Å²) in [5, 5.41) is 11.4. The van der Waals surface area contributed by atoms with Gasteiger partial charge in [-0.25, -0.2) is 19.0 Å². The maximum Gasteiger partial charge on any atom is 0.417 e. The molecule has 3 heterocycles. The van der Waals surface area contributed by atoms with Crippen LogP contribution in [0, 0.1) is 5.82 Å². The zero-order valence-corrected chi connectivity index (χ0v) is 20.9. The van der Waals surface area contributed by atoms with Crippen LogP contribution in [0.25, 0.3) is 28.0 Å².